The van der Waals surface area contributed by atoms with E-state index in [1.54, 1.807) is 5.75 Å². The Balaban J connectivity index is 1.12. The second-order valence-corrected chi connectivity index (χ2v) is 19.5. The van der Waals surface area contributed by atoms with Crippen molar-refractivity contribution < 1.29 is 9.53 Å². The molecule has 9 heteroatoms. The number of H-pyrrole nitrogens is 1. The van der Waals surface area contributed by atoms with Crippen molar-refractivity contribution in [3.8, 4) is 0 Å². The highest BCUT2D eigenvalue weighted by molar-refractivity contribution is 8.62. The molecule has 2 N–H and O–H groups in total. The molecule has 2 aromatic rings. The minimum absolute atomic E-state index is 0.0743. The minimum Gasteiger partial charge on any atom is -0.491 e. The lowest BCUT2D eigenvalue weighted by molar-refractivity contribution is -0.117. The summed E-state index contributed by atoms with van der Waals surface area (Å²) in [7, 11) is 0.877. The predicted octanol–water partition coefficient (Wildman–Crippen LogP) is 6.02. The van der Waals surface area contributed by atoms with E-state index in [0.717, 1.165) is 64.4 Å². The van der Waals surface area contributed by atoms with Crippen LogP contribution in [0.15, 0.2) is 58.7 Å². The topological polar surface area (TPSA) is 106 Å². The van der Waals surface area contributed by atoms with E-state index < -0.39 is 9.16 Å². The lowest BCUT2D eigenvalue weighted by Gasteiger charge is -2.31. The Hall–Kier alpha value is -3.29. The maximum absolute atomic E-state index is 13.6. The second-order valence-electron chi connectivity index (χ2n) is 13.0. The van der Waals surface area contributed by atoms with E-state index in [1.807, 2.05) is 31.2 Å². The molecule has 0 saturated carbocycles. The molecule has 7 rings (SSSR count). The Morgan fingerprint density at radius 3 is 2.83 bits per heavy atom. The number of aromatic nitrogens is 1. The zero-order valence-corrected chi connectivity index (χ0v) is 24.6. The average Bonchev–Trinajstić information content (AvgIpc) is 3.56. The standard InChI is InChI=1S/C31H40N6O2S/c1-19-8-9-25(28(31(19)38)30-29(35-36-32)23-6-4-5-7-24(23)34-30)33-14-22-10-12-37(3)15-26(22)39-16-21-11-13-40(17-21)18-27(40)20(40)2/h4-7,10,15,19-21,27,33-34,40H,8-9,11-14,16-18H2,1-3H3. The lowest BCUT2D eigenvalue weighted by atomic mass is 9.84. The lowest BCUT2D eigenvalue weighted by Crippen LogP contribution is -2.29. The van der Waals surface area contributed by atoms with E-state index in [1.165, 1.54) is 17.9 Å². The first-order chi connectivity index (χ1) is 19.3. The summed E-state index contributed by atoms with van der Waals surface area (Å²) in [6.45, 7) is 6.70. The van der Waals surface area contributed by atoms with Gasteiger partial charge in [0.1, 0.15) is 5.76 Å². The van der Waals surface area contributed by atoms with Crippen molar-refractivity contribution in [3.05, 3.63) is 69.7 Å². The Kier molecular flexibility index (Phi) is 5.85. The van der Waals surface area contributed by atoms with Crippen LogP contribution in [-0.2, 0) is 9.53 Å². The number of ether oxygens (including phenoxy) is 1. The number of fused-ring (bicyclic) bond motifs is 1. The first kappa shape index (κ1) is 25.7. The molecule has 8 nitrogen and oxygen atoms in total. The smallest absolute Gasteiger partial charge is 0.169 e. The number of azide groups is 1. The van der Waals surface area contributed by atoms with Gasteiger partial charge in [0, 0.05) is 59.3 Å². The fourth-order valence-electron chi connectivity index (χ4n) is 8.19. The van der Waals surface area contributed by atoms with Crippen LogP contribution in [0, 0.1) is 11.8 Å². The van der Waals surface area contributed by atoms with Crippen molar-refractivity contribution in [2.24, 2.45) is 17.0 Å². The van der Waals surface area contributed by atoms with Gasteiger partial charge in [-0.1, -0.05) is 43.2 Å². The molecule has 0 bridgehead atoms. The molecule has 1 aromatic carbocycles. The number of para-hydroxylation sites is 1. The van der Waals surface area contributed by atoms with Crippen LogP contribution in [0.2, 0.25) is 0 Å². The SMILES string of the molecule is CC1CCC(NCC2=CCN(C)C=C2OCC2CC[SH]34(C2)CC3C4C)=C(c2[nH]c3ccccc3c2N=[N+]=[N-])C1=O. The molecule has 1 aromatic heterocycles. The van der Waals surface area contributed by atoms with E-state index in [0.29, 0.717) is 29.4 Å². The Labute approximate surface area is 235 Å². The van der Waals surface area contributed by atoms with Gasteiger partial charge in [-0.25, -0.2) is 0 Å². The maximum atomic E-state index is 13.6. The molecule has 1 spiro atoms. The van der Waals surface area contributed by atoms with Gasteiger partial charge in [0.05, 0.1) is 23.6 Å². The third-order valence-electron chi connectivity index (χ3n) is 11.0. The number of carbonyl (C=O) groups is 1. The predicted molar refractivity (Wildman–Crippen MR) is 165 cm³/mol. The average molecular weight is 561 g/mol. The first-order valence-electron chi connectivity index (χ1n) is 14.7. The molecule has 4 unspecified atom stereocenters. The van der Waals surface area contributed by atoms with Crippen molar-refractivity contribution >= 4 is 37.1 Å². The second kappa shape index (κ2) is 9.11. The quantitative estimate of drug-likeness (QED) is 0.121. The van der Waals surface area contributed by atoms with Crippen LogP contribution in [0.3, 0.4) is 0 Å². The first-order valence-corrected chi connectivity index (χ1v) is 17.7. The molecular formula is C31H40N6O2S. The number of carbonyl (C=O) groups excluding carboxylic acids is 1. The molecule has 1 aliphatic carbocycles. The van der Waals surface area contributed by atoms with Gasteiger partial charge in [-0.15, -0.1) is 0 Å². The van der Waals surface area contributed by atoms with Crippen molar-refractivity contribution in [2.45, 2.75) is 43.6 Å². The molecular weight excluding hydrogens is 520 g/mol. The number of likely N-dealkylation sites (N-methyl/N-ethyl adjacent to an activating group) is 1. The number of allylic oxidation sites excluding steroid dienone is 2. The number of aromatic amines is 1. The molecule has 40 heavy (non-hydrogen) atoms. The monoisotopic (exact) mass is 560 g/mol. The van der Waals surface area contributed by atoms with Gasteiger partial charge in [-0.2, -0.15) is 0 Å². The third-order valence-corrected chi connectivity index (χ3v) is 19.3. The van der Waals surface area contributed by atoms with Crippen LogP contribution >= 0.6 is 9.16 Å². The van der Waals surface area contributed by atoms with Crippen LogP contribution < -0.4 is 5.32 Å². The molecule has 5 aliphatic rings. The highest BCUT2D eigenvalue weighted by Crippen LogP contribution is 3.07. The Morgan fingerprint density at radius 2 is 2.08 bits per heavy atom. The maximum Gasteiger partial charge on any atom is 0.169 e. The van der Waals surface area contributed by atoms with Crippen LogP contribution in [0.1, 0.15) is 38.8 Å². The molecule has 0 amide bonds. The summed E-state index contributed by atoms with van der Waals surface area (Å²) in [4.78, 5) is 22.2. The number of nitrogens with zero attached hydrogens (tertiary/aromatic N) is 4. The molecule has 3 saturated heterocycles. The summed E-state index contributed by atoms with van der Waals surface area (Å²) in [5.74, 6) is 6.18. The number of thiol groups is 1. The number of hydrogen-bond donors (Lipinski definition) is 3. The van der Waals surface area contributed by atoms with E-state index in [9.17, 15) is 10.3 Å². The molecule has 4 atom stereocenters. The Bertz CT molecular complexity index is 1560. The number of rotatable bonds is 8. The largest absolute Gasteiger partial charge is 0.491 e. The van der Waals surface area contributed by atoms with Crippen LogP contribution in [0.25, 0.3) is 26.9 Å². The van der Waals surface area contributed by atoms with E-state index in [4.69, 9.17) is 4.74 Å². The highest BCUT2D eigenvalue weighted by Gasteiger charge is 2.84. The molecule has 3 fully saturated rings. The minimum atomic E-state index is -1.20. The summed E-state index contributed by atoms with van der Waals surface area (Å²) in [6, 6.07) is 7.71. The van der Waals surface area contributed by atoms with Crippen LogP contribution in [0.4, 0.5) is 5.69 Å². The highest BCUT2D eigenvalue weighted by atomic mass is 32.3. The van der Waals surface area contributed by atoms with Gasteiger partial charge in [0.25, 0.3) is 0 Å². The molecule has 212 valence electrons. The Morgan fingerprint density at radius 1 is 1.25 bits per heavy atom. The number of Topliss-reactive ketones (excluding diaryl/α,β-unsaturated/α-hetero) is 1. The van der Waals surface area contributed by atoms with Gasteiger partial charge >= 0.3 is 0 Å². The summed E-state index contributed by atoms with van der Waals surface area (Å²) in [5, 5.41) is 10.6. The van der Waals surface area contributed by atoms with Crippen molar-refractivity contribution in [1.29, 1.82) is 0 Å². The number of benzene rings is 1. The van der Waals surface area contributed by atoms with Gasteiger partial charge in [0.15, 0.2) is 5.78 Å². The fraction of sp³-hybridized carbons (Fsp3) is 0.516. The normalized spacial score (nSPS) is 30.6. The van der Waals surface area contributed by atoms with E-state index in [-0.39, 0.29) is 11.7 Å². The zero-order valence-electron chi connectivity index (χ0n) is 23.7. The number of nitrogens with one attached hydrogen (secondary N) is 2. The van der Waals surface area contributed by atoms with Gasteiger partial charge < -0.3 is 19.9 Å². The summed E-state index contributed by atoms with van der Waals surface area (Å²) in [5.41, 5.74) is 13.9. The zero-order chi connectivity index (χ0) is 27.7. The molecule has 0 radical (unpaired) electrons. The van der Waals surface area contributed by atoms with Crippen molar-refractivity contribution in [1.82, 2.24) is 15.2 Å². The van der Waals surface area contributed by atoms with E-state index >= 15 is 0 Å². The van der Waals surface area contributed by atoms with Gasteiger partial charge in [0.2, 0.25) is 0 Å². The summed E-state index contributed by atoms with van der Waals surface area (Å²) < 4.78 is 6.54. The summed E-state index contributed by atoms with van der Waals surface area (Å²) in [6.07, 6.45) is 7.24. The number of ketones is 1. The van der Waals surface area contributed by atoms with E-state index in [2.05, 4.69) is 51.5 Å². The van der Waals surface area contributed by atoms with Crippen LogP contribution in [0.5, 0.6) is 0 Å². The fourth-order valence-corrected chi connectivity index (χ4v) is 17.6. The van der Waals surface area contributed by atoms with Gasteiger partial charge in [-0.05, 0) is 64.5 Å². The van der Waals surface area contributed by atoms with Crippen LogP contribution in [-0.4, -0.2) is 70.2 Å². The third kappa shape index (κ3) is 3.81. The number of hydrogen-bond acceptors (Lipinski definition) is 5. The van der Waals surface area contributed by atoms with Gasteiger partial charge in [-0.3, -0.25) is 14.0 Å². The summed E-state index contributed by atoms with van der Waals surface area (Å²) >= 11 is 0. The van der Waals surface area contributed by atoms with Crippen molar-refractivity contribution in [2.75, 3.05) is 44.0 Å². The van der Waals surface area contributed by atoms with Crippen molar-refractivity contribution in [3.63, 3.8) is 0 Å². The molecule has 4 aliphatic heterocycles. The molecule has 5 heterocycles.